The molecule has 0 saturated carbocycles. The second kappa shape index (κ2) is 28.3. The molecule has 0 aromatic heterocycles. The molecule has 0 radical (unpaired) electrons. The fourth-order valence-electron chi connectivity index (χ4n) is 4.15. The molecule has 38 heavy (non-hydrogen) atoms. The minimum Gasteiger partial charge on any atom is -0.481 e. The van der Waals surface area contributed by atoms with Crippen molar-refractivity contribution in [3.63, 3.8) is 0 Å². The second-order valence-corrected chi connectivity index (χ2v) is 9.67. The van der Waals surface area contributed by atoms with Crippen molar-refractivity contribution >= 4 is 17.8 Å². The molecule has 10 heteroatoms. The molecular formula is C28H56N2O8. The van der Waals surface area contributed by atoms with Gasteiger partial charge in [0, 0.05) is 39.0 Å². The lowest BCUT2D eigenvalue weighted by Gasteiger charge is -2.29. The Hall–Kier alpha value is -1.75. The summed E-state index contributed by atoms with van der Waals surface area (Å²) in [5.41, 5.74) is 0. The third-order valence-electron chi connectivity index (χ3n) is 6.36. The number of aliphatic hydroxyl groups excluding tert-OH is 3. The Bertz CT molecular complexity index is 563. The summed E-state index contributed by atoms with van der Waals surface area (Å²) in [6.07, 6.45) is 13.1. The van der Waals surface area contributed by atoms with Crippen molar-refractivity contribution in [3.05, 3.63) is 0 Å². The third kappa shape index (κ3) is 23.4. The molecule has 0 bridgehead atoms. The number of rotatable bonds is 25. The molecule has 0 spiro atoms. The van der Waals surface area contributed by atoms with Crippen LogP contribution < -0.4 is 0 Å². The van der Waals surface area contributed by atoms with Gasteiger partial charge in [0.2, 0.25) is 5.91 Å². The summed E-state index contributed by atoms with van der Waals surface area (Å²) in [6.45, 7) is 6.40. The number of hydrogen-bond donors (Lipinski definition) is 5. The van der Waals surface area contributed by atoms with Gasteiger partial charge in [-0.2, -0.15) is 0 Å². The molecule has 1 amide bonds. The Balaban J connectivity index is 0. The van der Waals surface area contributed by atoms with E-state index in [0.29, 0.717) is 32.6 Å². The van der Waals surface area contributed by atoms with E-state index >= 15 is 0 Å². The molecule has 0 aliphatic carbocycles. The van der Waals surface area contributed by atoms with Crippen molar-refractivity contribution in [1.29, 1.82) is 0 Å². The van der Waals surface area contributed by atoms with E-state index in [9.17, 15) is 19.5 Å². The van der Waals surface area contributed by atoms with Crippen molar-refractivity contribution in [3.8, 4) is 0 Å². The van der Waals surface area contributed by atoms with E-state index in [0.717, 1.165) is 38.5 Å². The molecule has 0 rings (SSSR count). The molecule has 0 aliphatic rings. The summed E-state index contributed by atoms with van der Waals surface area (Å²) in [4.78, 5) is 38.3. The van der Waals surface area contributed by atoms with Gasteiger partial charge >= 0.3 is 11.9 Å². The zero-order valence-electron chi connectivity index (χ0n) is 24.0. The maximum Gasteiger partial charge on any atom is 0.326 e. The van der Waals surface area contributed by atoms with E-state index < -0.39 is 18.0 Å². The Labute approximate surface area is 230 Å². The number of carbonyl (C=O) groups is 3. The van der Waals surface area contributed by atoms with E-state index in [1.165, 1.54) is 43.4 Å². The molecule has 1 atom stereocenters. The van der Waals surface area contributed by atoms with E-state index in [4.69, 9.17) is 20.4 Å². The van der Waals surface area contributed by atoms with Gasteiger partial charge in [-0.25, -0.2) is 4.79 Å². The summed E-state index contributed by atoms with van der Waals surface area (Å²) in [6, 6.07) is -1.04. The first kappa shape index (κ1) is 38.4. The van der Waals surface area contributed by atoms with Crippen LogP contribution in [0.15, 0.2) is 0 Å². The van der Waals surface area contributed by atoms with E-state index in [-0.39, 0.29) is 38.6 Å². The van der Waals surface area contributed by atoms with Gasteiger partial charge in [0.1, 0.15) is 6.04 Å². The van der Waals surface area contributed by atoms with Crippen LogP contribution in [-0.4, -0.2) is 105 Å². The highest BCUT2D eigenvalue weighted by molar-refractivity contribution is 5.84. The number of aliphatic carboxylic acids is 2. The topological polar surface area (TPSA) is 159 Å². The molecule has 0 saturated heterocycles. The van der Waals surface area contributed by atoms with Crippen molar-refractivity contribution < 1.29 is 39.9 Å². The van der Waals surface area contributed by atoms with Crippen LogP contribution in [0.3, 0.4) is 0 Å². The largest absolute Gasteiger partial charge is 0.481 e. The number of carboxylic acids is 2. The van der Waals surface area contributed by atoms with Crippen molar-refractivity contribution in [2.75, 3.05) is 46.0 Å². The van der Waals surface area contributed by atoms with Gasteiger partial charge in [0.25, 0.3) is 0 Å². The summed E-state index contributed by atoms with van der Waals surface area (Å²) >= 11 is 0. The molecule has 0 aromatic carbocycles. The van der Waals surface area contributed by atoms with Crippen LogP contribution in [-0.2, 0) is 14.4 Å². The lowest BCUT2D eigenvalue weighted by molar-refractivity contribution is -0.151. The minimum atomic E-state index is -1.11. The molecule has 1 unspecified atom stereocenters. The predicted octanol–water partition coefficient (Wildman–Crippen LogP) is 3.51. The lowest BCUT2D eigenvalue weighted by Crippen LogP contribution is -2.45. The Morgan fingerprint density at radius 2 is 1.05 bits per heavy atom. The van der Waals surface area contributed by atoms with Crippen LogP contribution in [0.25, 0.3) is 0 Å². The third-order valence-corrected chi connectivity index (χ3v) is 6.36. The van der Waals surface area contributed by atoms with Gasteiger partial charge in [-0.1, -0.05) is 78.1 Å². The number of carboxylic acid groups (broad SMARTS) is 2. The standard InChI is InChI=1S/C22H41NO5.C6H15NO3/c1-3-5-7-8-9-10-11-12-13-15-20(24)23(18-14-6-4-2)19(22(27)28)16-17-21(25)26;8-4-1-7(2-5-9)3-6-10/h19H,3-18H2,1-2H3,(H,25,26)(H,27,28);8-10H,1-6H2. The number of nitrogens with zero attached hydrogens (tertiary/aromatic N) is 2. The molecule has 10 nitrogen and oxygen atoms in total. The maximum absolute atomic E-state index is 12.7. The first-order valence-corrected chi connectivity index (χ1v) is 14.6. The highest BCUT2D eigenvalue weighted by Gasteiger charge is 2.29. The summed E-state index contributed by atoms with van der Waals surface area (Å²) in [5, 5.41) is 43.8. The lowest BCUT2D eigenvalue weighted by atomic mass is 10.0. The SMILES string of the molecule is CCCCCCCCCCCC(=O)N(CCCCC)C(CCC(=O)O)C(=O)O.OCCN(CCO)CCO. The van der Waals surface area contributed by atoms with Gasteiger partial charge < -0.3 is 30.4 Å². The van der Waals surface area contributed by atoms with Gasteiger partial charge in [-0.3, -0.25) is 14.5 Å². The van der Waals surface area contributed by atoms with Gasteiger partial charge in [0.05, 0.1) is 19.8 Å². The number of amides is 1. The van der Waals surface area contributed by atoms with Crippen LogP contribution in [0.2, 0.25) is 0 Å². The quantitative estimate of drug-likeness (QED) is 0.108. The van der Waals surface area contributed by atoms with Gasteiger partial charge in [0.15, 0.2) is 0 Å². The first-order valence-electron chi connectivity index (χ1n) is 14.6. The molecular weight excluding hydrogens is 492 g/mol. The molecule has 0 aromatic rings. The van der Waals surface area contributed by atoms with Crippen molar-refractivity contribution in [2.45, 2.75) is 116 Å². The zero-order chi connectivity index (χ0) is 29.0. The van der Waals surface area contributed by atoms with Crippen molar-refractivity contribution in [2.24, 2.45) is 0 Å². The van der Waals surface area contributed by atoms with Crippen LogP contribution in [0.1, 0.15) is 110 Å². The first-order chi connectivity index (χ1) is 18.3. The minimum absolute atomic E-state index is 0.0414. The molecule has 0 aliphatic heterocycles. The van der Waals surface area contributed by atoms with Crippen LogP contribution in [0.4, 0.5) is 0 Å². The highest BCUT2D eigenvalue weighted by Crippen LogP contribution is 2.15. The average Bonchev–Trinajstić information content (AvgIpc) is 2.87. The zero-order valence-corrected chi connectivity index (χ0v) is 24.0. The smallest absolute Gasteiger partial charge is 0.326 e. The molecule has 0 heterocycles. The number of carbonyl (C=O) groups excluding carboxylic acids is 1. The Morgan fingerprint density at radius 1 is 0.605 bits per heavy atom. The fourth-order valence-corrected chi connectivity index (χ4v) is 4.15. The Kier molecular flexibility index (Phi) is 28.6. The number of hydrogen-bond acceptors (Lipinski definition) is 7. The van der Waals surface area contributed by atoms with E-state index in [1.807, 2.05) is 6.92 Å². The van der Waals surface area contributed by atoms with Crippen molar-refractivity contribution in [1.82, 2.24) is 9.80 Å². The highest BCUT2D eigenvalue weighted by atomic mass is 16.4. The van der Waals surface area contributed by atoms with Crippen LogP contribution in [0.5, 0.6) is 0 Å². The maximum atomic E-state index is 12.7. The van der Waals surface area contributed by atoms with Crippen LogP contribution >= 0.6 is 0 Å². The average molecular weight is 549 g/mol. The second-order valence-electron chi connectivity index (χ2n) is 9.67. The summed E-state index contributed by atoms with van der Waals surface area (Å²) < 4.78 is 0. The Morgan fingerprint density at radius 3 is 1.47 bits per heavy atom. The molecule has 226 valence electrons. The molecule has 0 fully saturated rings. The molecule has 5 N–H and O–H groups in total. The number of unbranched alkanes of at least 4 members (excludes halogenated alkanes) is 10. The van der Waals surface area contributed by atoms with Gasteiger partial charge in [-0.05, 0) is 19.3 Å². The fraction of sp³-hybridized carbons (Fsp3) is 0.893. The predicted molar refractivity (Wildman–Crippen MR) is 149 cm³/mol. The summed E-state index contributed by atoms with van der Waals surface area (Å²) in [5.74, 6) is -2.30. The summed E-state index contributed by atoms with van der Waals surface area (Å²) in [7, 11) is 0. The monoisotopic (exact) mass is 548 g/mol. The van der Waals surface area contributed by atoms with Gasteiger partial charge in [-0.15, -0.1) is 0 Å². The number of aliphatic hydroxyl groups is 3. The van der Waals surface area contributed by atoms with Crippen LogP contribution in [0, 0.1) is 0 Å². The van der Waals surface area contributed by atoms with E-state index in [1.54, 1.807) is 4.90 Å². The van der Waals surface area contributed by atoms with E-state index in [2.05, 4.69) is 6.92 Å². The normalized spacial score (nSPS) is 11.6.